The maximum Gasteiger partial charge on any atom is 0.225 e. The van der Waals surface area contributed by atoms with Gasteiger partial charge in [-0.25, -0.2) is 14.4 Å². The quantitative estimate of drug-likeness (QED) is 0.644. The molecule has 2 saturated heterocycles. The molecule has 2 bridgehead atoms. The highest BCUT2D eigenvalue weighted by Gasteiger charge is 2.45. The van der Waals surface area contributed by atoms with Crippen LogP contribution in [0.3, 0.4) is 0 Å². The number of halogens is 3. The Morgan fingerprint density at radius 2 is 2.28 bits per heavy atom. The number of rotatable bonds is 4. The number of hydrogen-bond donors (Lipinski definition) is 1. The Kier molecular flexibility index (Phi) is 4.43. The van der Waals surface area contributed by atoms with E-state index in [2.05, 4.69) is 25.2 Å². The summed E-state index contributed by atoms with van der Waals surface area (Å²) in [5.74, 6) is -0.0841. The number of anilines is 1. The summed E-state index contributed by atoms with van der Waals surface area (Å²) in [5, 5.41) is 3.95. The first-order valence-corrected chi connectivity index (χ1v) is 9.04. The van der Waals surface area contributed by atoms with Crippen LogP contribution in [-0.4, -0.2) is 52.8 Å². The van der Waals surface area contributed by atoms with Gasteiger partial charge in [0.05, 0.1) is 17.5 Å². The molecule has 2 fully saturated rings. The first kappa shape index (κ1) is 17.1. The molecule has 2 aliphatic rings. The largest absolute Gasteiger partial charge is 0.380 e. The number of pyridine rings is 1. The number of nitrogens with zero attached hydrogens (tertiary/aromatic N) is 4. The lowest BCUT2D eigenvalue weighted by Gasteiger charge is -2.42. The molecule has 2 unspecified atom stereocenters. The van der Waals surface area contributed by atoms with Gasteiger partial charge >= 0.3 is 0 Å². The van der Waals surface area contributed by atoms with E-state index in [1.807, 2.05) is 6.92 Å². The third-order valence-electron chi connectivity index (χ3n) is 4.89. The van der Waals surface area contributed by atoms with E-state index in [1.54, 1.807) is 0 Å². The van der Waals surface area contributed by atoms with E-state index in [4.69, 9.17) is 27.9 Å². The van der Waals surface area contributed by atoms with Crippen molar-refractivity contribution in [3.05, 3.63) is 22.5 Å². The molecule has 0 aromatic carbocycles. The first-order chi connectivity index (χ1) is 12.0. The maximum absolute atomic E-state index is 14.3. The standard InChI is InChI=1S/C16H18Cl2FN5O/c1-2-25-8-16-4-3-9(23-16)6-24(7-16)14-10-5-20-13(17)11(19)12(10)21-15(18)22-14/h5,9,23H,2-4,6-8H2,1H3. The number of fused-ring (bicyclic) bond motifs is 3. The lowest BCUT2D eigenvalue weighted by molar-refractivity contribution is 0.0808. The Hall–Kier alpha value is -1.28. The van der Waals surface area contributed by atoms with Crippen LogP contribution in [0.15, 0.2) is 6.20 Å². The van der Waals surface area contributed by atoms with Crippen molar-refractivity contribution in [1.29, 1.82) is 0 Å². The lowest BCUT2D eigenvalue weighted by atomic mass is 9.98. The predicted molar refractivity (Wildman–Crippen MR) is 94.9 cm³/mol. The van der Waals surface area contributed by atoms with E-state index in [0.717, 1.165) is 19.4 Å². The van der Waals surface area contributed by atoms with Crippen LogP contribution in [0.25, 0.3) is 10.9 Å². The second-order valence-electron chi connectivity index (χ2n) is 6.62. The number of hydrogen-bond acceptors (Lipinski definition) is 6. The Morgan fingerprint density at radius 1 is 1.44 bits per heavy atom. The Bertz CT molecular complexity index is 823. The molecule has 0 aliphatic carbocycles. The molecule has 2 aliphatic heterocycles. The fraction of sp³-hybridized carbons (Fsp3) is 0.562. The van der Waals surface area contributed by atoms with Gasteiger partial charge < -0.3 is 15.0 Å². The summed E-state index contributed by atoms with van der Waals surface area (Å²) in [6, 6.07) is 0.336. The normalized spacial score (nSPS) is 25.8. The first-order valence-electron chi connectivity index (χ1n) is 8.29. The van der Waals surface area contributed by atoms with Gasteiger partial charge in [0.2, 0.25) is 5.28 Å². The lowest BCUT2D eigenvalue weighted by Crippen LogP contribution is -2.62. The maximum atomic E-state index is 14.3. The number of aromatic nitrogens is 3. The van der Waals surface area contributed by atoms with Crippen LogP contribution in [-0.2, 0) is 4.74 Å². The van der Waals surface area contributed by atoms with Crippen molar-refractivity contribution in [2.24, 2.45) is 0 Å². The van der Waals surface area contributed by atoms with Gasteiger partial charge in [-0.15, -0.1) is 0 Å². The molecular weight excluding hydrogens is 368 g/mol. The SMILES string of the molecule is CCOCC12CCC(CN(c3nc(Cl)nc4c(F)c(Cl)ncc34)C1)N2. The number of nitrogens with one attached hydrogen (secondary N) is 1. The van der Waals surface area contributed by atoms with Gasteiger partial charge in [-0.2, -0.15) is 4.98 Å². The molecule has 6 nitrogen and oxygen atoms in total. The van der Waals surface area contributed by atoms with E-state index in [1.165, 1.54) is 6.20 Å². The van der Waals surface area contributed by atoms with Crippen LogP contribution < -0.4 is 10.2 Å². The minimum atomic E-state index is -0.674. The van der Waals surface area contributed by atoms with Crippen LogP contribution in [0.5, 0.6) is 0 Å². The Balaban J connectivity index is 1.76. The summed E-state index contributed by atoms with van der Waals surface area (Å²) in [5.41, 5.74) is -0.0270. The van der Waals surface area contributed by atoms with Gasteiger partial charge in [0, 0.05) is 31.9 Å². The summed E-state index contributed by atoms with van der Waals surface area (Å²) >= 11 is 11.8. The van der Waals surface area contributed by atoms with Crippen LogP contribution in [0.2, 0.25) is 10.4 Å². The van der Waals surface area contributed by atoms with Crippen molar-refractivity contribution in [1.82, 2.24) is 20.3 Å². The molecule has 0 radical (unpaired) electrons. The van der Waals surface area contributed by atoms with Crippen LogP contribution in [0.4, 0.5) is 10.2 Å². The zero-order valence-electron chi connectivity index (χ0n) is 13.7. The van der Waals surface area contributed by atoms with Gasteiger partial charge in [-0.3, -0.25) is 0 Å². The second kappa shape index (κ2) is 6.46. The van der Waals surface area contributed by atoms with E-state index in [9.17, 15) is 4.39 Å². The number of piperazine rings is 1. The van der Waals surface area contributed by atoms with Crippen molar-refractivity contribution < 1.29 is 9.13 Å². The van der Waals surface area contributed by atoms with Crippen molar-refractivity contribution in [2.45, 2.75) is 31.3 Å². The fourth-order valence-corrected chi connectivity index (χ4v) is 4.14. The molecule has 0 spiro atoms. The highest BCUT2D eigenvalue weighted by Crippen LogP contribution is 2.35. The monoisotopic (exact) mass is 385 g/mol. The van der Waals surface area contributed by atoms with E-state index >= 15 is 0 Å². The predicted octanol–water partition coefficient (Wildman–Crippen LogP) is 2.82. The van der Waals surface area contributed by atoms with Crippen molar-refractivity contribution in [3.8, 4) is 0 Å². The van der Waals surface area contributed by atoms with Crippen molar-refractivity contribution in [3.63, 3.8) is 0 Å². The highest BCUT2D eigenvalue weighted by molar-refractivity contribution is 6.30. The van der Waals surface area contributed by atoms with E-state index in [0.29, 0.717) is 37.0 Å². The summed E-state index contributed by atoms with van der Waals surface area (Å²) in [7, 11) is 0. The molecule has 2 aromatic heterocycles. The molecule has 4 heterocycles. The van der Waals surface area contributed by atoms with Gasteiger partial charge in [-0.1, -0.05) is 11.6 Å². The van der Waals surface area contributed by atoms with Crippen molar-refractivity contribution >= 4 is 39.9 Å². The van der Waals surface area contributed by atoms with Gasteiger partial charge in [0.25, 0.3) is 0 Å². The summed E-state index contributed by atoms with van der Waals surface area (Å²) in [6.07, 6.45) is 3.60. The molecule has 134 valence electrons. The highest BCUT2D eigenvalue weighted by atomic mass is 35.5. The summed E-state index contributed by atoms with van der Waals surface area (Å²) < 4.78 is 20.0. The molecule has 1 N–H and O–H groups in total. The molecule has 9 heteroatoms. The minimum Gasteiger partial charge on any atom is -0.380 e. The second-order valence-corrected chi connectivity index (χ2v) is 7.32. The molecule has 0 saturated carbocycles. The molecule has 2 aromatic rings. The fourth-order valence-electron chi connectivity index (χ4n) is 3.84. The third-order valence-corrected chi connectivity index (χ3v) is 5.32. The van der Waals surface area contributed by atoms with Crippen LogP contribution >= 0.6 is 23.2 Å². The Labute approximate surface area is 154 Å². The molecular formula is C16H18Cl2FN5O. The van der Waals surface area contributed by atoms with Crippen molar-refractivity contribution in [2.75, 3.05) is 31.2 Å². The third kappa shape index (κ3) is 3.03. The van der Waals surface area contributed by atoms with Crippen LogP contribution in [0.1, 0.15) is 19.8 Å². The smallest absolute Gasteiger partial charge is 0.225 e. The average molecular weight is 386 g/mol. The van der Waals surface area contributed by atoms with E-state index < -0.39 is 5.82 Å². The molecule has 2 atom stereocenters. The minimum absolute atomic E-state index is 0.00611. The van der Waals surface area contributed by atoms with E-state index in [-0.39, 0.29) is 21.5 Å². The van der Waals surface area contributed by atoms with Gasteiger partial charge in [-0.05, 0) is 31.4 Å². The summed E-state index contributed by atoms with van der Waals surface area (Å²) in [4.78, 5) is 14.4. The topological polar surface area (TPSA) is 63.2 Å². The van der Waals surface area contributed by atoms with Crippen LogP contribution in [0, 0.1) is 5.82 Å². The molecule has 0 amide bonds. The Morgan fingerprint density at radius 3 is 3.08 bits per heavy atom. The zero-order chi connectivity index (χ0) is 17.6. The zero-order valence-corrected chi connectivity index (χ0v) is 15.2. The van der Waals surface area contributed by atoms with Gasteiger partial charge in [0.15, 0.2) is 11.0 Å². The number of ether oxygens (including phenoxy) is 1. The molecule has 4 rings (SSSR count). The average Bonchev–Trinajstić information content (AvgIpc) is 2.90. The van der Waals surface area contributed by atoms with Gasteiger partial charge in [0.1, 0.15) is 11.3 Å². The summed E-state index contributed by atoms with van der Waals surface area (Å²) in [6.45, 7) is 4.76. The molecule has 25 heavy (non-hydrogen) atoms.